The molecule has 0 bridgehead atoms. The van der Waals surface area contributed by atoms with Gasteiger partial charge in [-0.2, -0.15) is 0 Å². The fourth-order valence-electron chi connectivity index (χ4n) is 1.65. The van der Waals surface area contributed by atoms with E-state index in [0.717, 1.165) is 30.0 Å². The largest absolute Gasteiger partial charge is 0.344 e. The van der Waals surface area contributed by atoms with Crippen LogP contribution in [0, 0.1) is 0 Å². The highest BCUT2D eigenvalue weighted by Crippen LogP contribution is 2.09. The van der Waals surface area contributed by atoms with Crippen molar-refractivity contribution in [3.63, 3.8) is 0 Å². The van der Waals surface area contributed by atoms with E-state index in [1.165, 1.54) is 0 Å². The maximum Gasteiger partial charge on any atom is 0.304 e. The van der Waals surface area contributed by atoms with E-state index in [4.69, 9.17) is 0 Å². The van der Waals surface area contributed by atoms with Crippen molar-refractivity contribution < 1.29 is 4.79 Å². The molecule has 2 heterocycles. The molecule has 0 aliphatic carbocycles. The second-order valence-corrected chi connectivity index (χ2v) is 4.50. The predicted molar refractivity (Wildman–Crippen MR) is 57.8 cm³/mol. The number of likely N-dealkylation sites (tertiary alicyclic amines) is 1. The summed E-state index contributed by atoms with van der Waals surface area (Å²) in [4.78, 5) is 26.8. The maximum atomic E-state index is 11.5. The van der Waals surface area contributed by atoms with E-state index < -0.39 is 0 Å². The summed E-state index contributed by atoms with van der Waals surface area (Å²) in [6.07, 6.45) is 0.837. The molecule has 1 aromatic rings. The van der Waals surface area contributed by atoms with Crippen LogP contribution in [0.25, 0.3) is 0 Å². The van der Waals surface area contributed by atoms with Gasteiger partial charge >= 0.3 is 4.87 Å². The maximum absolute atomic E-state index is 11.5. The molecule has 2 N–H and O–H groups in total. The first-order chi connectivity index (χ1) is 7.16. The molecule has 1 aliphatic rings. The quantitative estimate of drug-likeness (QED) is 0.749. The monoisotopic (exact) mass is 227 g/mol. The van der Waals surface area contributed by atoms with Crippen LogP contribution in [0.1, 0.15) is 12.1 Å². The third-order valence-corrected chi connectivity index (χ3v) is 3.26. The van der Waals surface area contributed by atoms with Gasteiger partial charge in [-0.05, 0) is 6.42 Å². The first-order valence-electron chi connectivity index (χ1n) is 4.82. The molecule has 6 heteroatoms. The van der Waals surface area contributed by atoms with Gasteiger partial charge in [0.2, 0.25) is 5.91 Å². The van der Waals surface area contributed by atoms with Crippen molar-refractivity contribution in [2.75, 3.05) is 13.6 Å². The first kappa shape index (κ1) is 10.4. The van der Waals surface area contributed by atoms with Crippen molar-refractivity contribution >= 4 is 17.2 Å². The minimum Gasteiger partial charge on any atom is -0.344 e. The van der Waals surface area contributed by atoms with Gasteiger partial charge in [0.05, 0.1) is 6.04 Å². The molecule has 1 amide bonds. The zero-order valence-electron chi connectivity index (χ0n) is 8.45. The van der Waals surface area contributed by atoms with Crippen molar-refractivity contribution in [1.82, 2.24) is 15.2 Å². The first-order valence-corrected chi connectivity index (χ1v) is 5.70. The average Bonchev–Trinajstić information content (AvgIpc) is 2.74. The Hall–Kier alpha value is -1.14. The predicted octanol–water partition coefficient (Wildman–Crippen LogP) is -0.243. The molecule has 1 atom stereocenters. The summed E-state index contributed by atoms with van der Waals surface area (Å²) in [5.74, 6) is 0.132. The number of aromatic nitrogens is 1. The molecular formula is C9H13N3O2S. The zero-order chi connectivity index (χ0) is 10.8. The number of carbonyl (C=O) groups excluding carboxylic acids is 1. The van der Waals surface area contributed by atoms with Crippen molar-refractivity contribution in [2.24, 2.45) is 0 Å². The summed E-state index contributed by atoms with van der Waals surface area (Å²) in [6.45, 7) is 1.35. The molecular weight excluding hydrogens is 214 g/mol. The number of hydrogen-bond acceptors (Lipinski definition) is 4. The van der Waals surface area contributed by atoms with Crippen LogP contribution < -0.4 is 10.2 Å². The Morgan fingerprint density at radius 1 is 1.67 bits per heavy atom. The van der Waals surface area contributed by atoms with Gasteiger partial charge in [-0.1, -0.05) is 11.3 Å². The highest BCUT2D eigenvalue weighted by atomic mass is 32.1. The Morgan fingerprint density at radius 3 is 3.00 bits per heavy atom. The molecule has 5 nitrogen and oxygen atoms in total. The number of nitrogens with zero attached hydrogens (tertiary/aromatic N) is 1. The molecule has 0 saturated carbocycles. The highest BCUT2D eigenvalue weighted by molar-refractivity contribution is 7.07. The molecule has 2 rings (SSSR count). The summed E-state index contributed by atoms with van der Waals surface area (Å²) in [5, 5.41) is 4.91. The Balaban J connectivity index is 1.89. The average molecular weight is 227 g/mol. The molecule has 0 spiro atoms. The van der Waals surface area contributed by atoms with Crippen LogP contribution >= 0.6 is 11.3 Å². The Bertz CT molecular complexity index is 411. The lowest BCUT2D eigenvalue weighted by molar-refractivity contribution is -0.128. The van der Waals surface area contributed by atoms with Crippen molar-refractivity contribution in [3.05, 3.63) is 20.7 Å². The Labute approximate surface area is 91.1 Å². The van der Waals surface area contributed by atoms with Gasteiger partial charge in [0, 0.05) is 31.2 Å². The SMILES string of the molecule is CN1CCC(NCc2csc(=O)[nH]2)C1=O. The van der Waals surface area contributed by atoms with Crippen LogP contribution in [-0.4, -0.2) is 35.4 Å². The van der Waals surface area contributed by atoms with Gasteiger partial charge in [-0.3, -0.25) is 9.59 Å². The van der Waals surface area contributed by atoms with Gasteiger partial charge in [0.15, 0.2) is 0 Å². The Morgan fingerprint density at radius 2 is 2.47 bits per heavy atom. The number of rotatable bonds is 3. The van der Waals surface area contributed by atoms with Gasteiger partial charge in [-0.25, -0.2) is 0 Å². The van der Waals surface area contributed by atoms with Gasteiger partial charge < -0.3 is 15.2 Å². The number of likely N-dealkylation sites (N-methyl/N-ethyl adjacent to an activating group) is 1. The Kier molecular flexibility index (Phi) is 2.88. The number of aromatic amines is 1. The van der Waals surface area contributed by atoms with E-state index in [1.54, 1.807) is 17.3 Å². The second-order valence-electron chi connectivity index (χ2n) is 3.66. The van der Waals surface area contributed by atoms with E-state index >= 15 is 0 Å². The number of amides is 1. The molecule has 15 heavy (non-hydrogen) atoms. The fraction of sp³-hybridized carbons (Fsp3) is 0.556. The third kappa shape index (κ3) is 2.27. The standard InChI is InChI=1S/C9H13N3O2S/c1-12-3-2-7(8(12)13)10-4-6-5-15-9(14)11-6/h5,7,10H,2-4H2,1H3,(H,11,14). The minimum absolute atomic E-state index is 0.0540. The van der Waals surface area contributed by atoms with E-state index in [-0.39, 0.29) is 16.8 Å². The minimum atomic E-state index is -0.0987. The fourth-order valence-corrected chi connectivity index (χ4v) is 2.23. The smallest absolute Gasteiger partial charge is 0.304 e. The lowest BCUT2D eigenvalue weighted by Crippen LogP contribution is -2.36. The van der Waals surface area contributed by atoms with Crippen molar-refractivity contribution in [2.45, 2.75) is 19.0 Å². The van der Waals surface area contributed by atoms with E-state index in [0.29, 0.717) is 6.54 Å². The zero-order valence-corrected chi connectivity index (χ0v) is 9.26. The number of H-pyrrole nitrogens is 1. The topological polar surface area (TPSA) is 65.2 Å². The van der Waals surface area contributed by atoms with Crippen molar-refractivity contribution in [1.29, 1.82) is 0 Å². The molecule has 1 fully saturated rings. The molecule has 0 aromatic carbocycles. The summed E-state index contributed by atoms with van der Waals surface area (Å²) in [6, 6.07) is -0.0987. The van der Waals surface area contributed by atoms with E-state index in [1.807, 2.05) is 0 Å². The number of nitrogens with one attached hydrogen (secondary N) is 2. The van der Waals surface area contributed by atoms with Crippen LogP contribution in [0.2, 0.25) is 0 Å². The highest BCUT2D eigenvalue weighted by Gasteiger charge is 2.28. The second kappa shape index (κ2) is 4.16. The molecule has 1 aromatic heterocycles. The molecule has 82 valence electrons. The molecule has 1 saturated heterocycles. The number of carbonyl (C=O) groups is 1. The molecule has 1 unspecified atom stereocenters. The molecule has 0 radical (unpaired) electrons. The van der Waals surface area contributed by atoms with Crippen LogP contribution in [0.5, 0.6) is 0 Å². The van der Waals surface area contributed by atoms with Crippen molar-refractivity contribution in [3.8, 4) is 0 Å². The van der Waals surface area contributed by atoms with Crippen LogP contribution in [0.4, 0.5) is 0 Å². The summed E-state index contributed by atoms with van der Waals surface area (Å²) in [5.41, 5.74) is 0.840. The lowest BCUT2D eigenvalue weighted by atomic mass is 10.2. The number of hydrogen-bond donors (Lipinski definition) is 2. The third-order valence-electron chi connectivity index (χ3n) is 2.54. The van der Waals surface area contributed by atoms with E-state index in [2.05, 4.69) is 10.3 Å². The van der Waals surface area contributed by atoms with Gasteiger partial charge in [-0.15, -0.1) is 0 Å². The number of thiazole rings is 1. The molecule has 1 aliphatic heterocycles. The summed E-state index contributed by atoms with van der Waals surface area (Å²) >= 11 is 1.14. The van der Waals surface area contributed by atoms with Crippen LogP contribution in [0.15, 0.2) is 10.2 Å². The summed E-state index contributed by atoms with van der Waals surface area (Å²) < 4.78 is 0. The van der Waals surface area contributed by atoms with E-state index in [9.17, 15) is 9.59 Å². The van der Waals surface area contributed by atoms with Gasteiger partial charge in [0.25, 0.3) is 0 Å². The summed E-state index contributed by atoms with van der Waals surface area (Å²) in [7, 11) is 1.80. The normalized spacial score (nSPS) is 21.3. The lowest BCUT2D eigenvalue weighted by Gasteiger charge is -2.10. The van der Waals surface area contributed by atoms with Gasteiger partial charge in [0.1, 0.15) is 0 Å². The van der Waals surface area contributed by atoms with Crippen LogP contribution in [0.3, 0.4) is 0 Å². The van der Waals surface area contributed by atoms with Crippen LogP contribution in [-0.2, 0) is 11.3 Å².